The summed E-state index contributed by atoms with van der Waals surface area (Å²) in [6, 6.07) is 10.1. The number of carbonyl (C=O) groups excluding carboxylic acids is 1. The Kier molecular flexibility index (Phi) is 6.29. The highest BCUT2D eigenvalue weighted by molar-refractivity contribution is 6.08. The van der Waals surface area contributed by atoms with E-state index in [9.17, 15) is 9.18 Å². The summed E-state index contributed by atoms with van der Waals surface area (Å²) in [6.07, 6.45) is 2.50. The third-order valence-corrected chi connectivity index (χ3v) is 4.93. The van der Waals surface area contributed by atoms with Gasteiger partial charge in [0.15, 0.2) is 11.6 Å². The summed E-state index contributed by atoms with van der Waals surface area (Å²) >= 11 is 0. The van der Waals surface area contributed by atoms with Crippen LogP contribution in [-0.2, 0) is 6.42 Å². The van der Waals surface area contributed by atoms with Gasteiger partial charge in [0.2, 0.25) is 0 Å². The molecule has 3 rings (SSSR count). The zero-order valence-electron chi connectivity index (χ0n) is 16.8. The van der Waals surface area contributed by atoms with E-state index in [2.05, 4.69) is 15.6 Å². The number of halogens is 1. The number of methoxy groups -OCH3 is 1. The standard InChI is InChI=1S/C22H25FN4O2/c1-4-13-11-26-21-15(6-5-7-16(21)22(24)28)20(13)27-18(12-25-2)14-8-9-19(29-3)17(23)10-14/h5-11,18,25H,4,12H2,1-3H3,(H2,24,28)(H,26,27)/t18-/m1/s1. The normalized spacial score (nSPS) is 12.0. The predicted molar refractivity (Wildman–Crippen MR) is 113 cm³/mol. The van der Waals surface area contributed by atoms with Gasteiger partial charge in [-0.1, -0.05) is 25.1 Å². The number of nitrogens with zero attached hydrogens (tertiary/aromatic N) is 1. The summed E-state index contributed by atoms with van der Waals surface area (Å²) < 4.78 is 19.3. The number of benzene rings is 2. The van der Waals surface area contributed by atoms with E-state index in [0.29, 0.717) is 17.6 Å². The number of nitrogens with two attached hydrogens (primary N) is 1. The Morgan fingerprint density at radius 2 is 2.10 bits per heavy atom. The number of primary amides is 1. The predicted octanol–water partition coefficient (Wildman–Crippen LogP) is 3.42. The van der Waals surface area contributed by atoms with Gasteiger partial charge in [-0.3, -0.25) is 9.78 Å². The maximum absolute atomic E-state index is 14.3. The molecule has 1 heterocycles. The van der Waals surface area contributed by atoms with Crippen molar-refractivity contribution in [1.29, 1.82) is 0 Å². The smallest absolute Gasteiger partial charge is 0.250 e. The van der Waals surface area contributed by atoms with Gasteiger partial charge in [0, 0.05) is 23.8 Å². The first-order valence-electron chi connectivity index (χ1n) is 9.45. The van der Waals surface area contributed by atoms with Crippen molar-refractivity contribution in [3.05, 3.63) is 65.1 Å². The van der Waals surface area contributed by atoms with Crippen molar-refractivity contribution in [3.63, 3.8) is 0 Å². The fourth-order valence-corrected chi connectivity index (χ4v) is 3.43. The Labute approximate surface area is 169 Å². The molecule has 4 N–H and O–H groups in total. The van der Waals surface area contributed by atoms with E-state index in [1.807, 2.05) is 26.1 Å². The van der Waals surface area contributed by atoms with Crippen molar-refractivity contribution in [2.24, 2.45) is 5.73 Å². The van der Waals surface area contributed by atoms with E-state index >= 15 is 0 Å². The molecule has 2 aromatic carbocycles. The molecule has 0 spiro atoms. The van der Waals surface area contributed by atoms with Crippen LogP contribution >= 0.6 is 0 Å². The van der Waals surface area contributed by atoms with Crippen molar-refractivity contribution in [1.82, 2.24) is 10.3 Å². The molecule has 0 aliphatic rings. The molecule has 0 aliphatic carbocycles. The van der Waals surface area contributed by atoms with E-state index in [1.165, 1.54) is 13.2 Å². The van der Waals surface area contributed by atoms with Crippen LogP contribution in [0.1, 0.15) is 34.5 Å². The molecule has 0 unspecified atom stereocenters. The first-order valence-corrected chi connectivity index (χ1v) is 9.45. The number of fused-ring (bicyclic) bond motifs is 1. The Morgan fingerprint density at radius 1 is 1.31 bits per heavy atom. The summed E-state index contributed by atoms with van der Waals surface area (Å²) in [5, 5.41) is 7.47. The second-order valence-electron chi connectivity index (χ2n) is 6.73. The molecule has 0 fully saturated rings. The average Bonchev–Trinajstić information content (AvgIpc) is 2.72. The lowest BCUT2D eigenvalue weighted by atomic mass is 10.0. The second kappa shape index (κ2) is 8.87. The lowest BCUT2D eigenvalue weighted by molar-refractivity contribution is 0.100. The lowest BCUT2D eigenvalue weighted by Gasteiger charge is -2.24. The van der Waals surface area contributed by atoms with Gasteiger partial charge in [0.05, 0.1) is 24.2 Å². The minimum atomic E-state index is -0.526. The number of nitrogens with one attached hydrogen (secondary N) is 2. The number of rotatable bonds is 8. The minimum absolute atomic E-state index is 0.201. The van der Waals surface area contributed by atoms with E-state index in [0.717, 1.165) is 28.6 Å². The molecule has 6 nitrogen and oxygen atoms in total. The number of hydrogen-bond acceptors (Lipinski definition) is 5. The number of ether oxygens (including phenoxy) is 1. The van der Waals surface area contributed by atoms with Crippen molar-refractivity contribution in [2.75, 3.05) is 26.0 Å². The number of likely N-dealkylation sites (N-methyl/N-ethyl adjacent to an activating group) is 1. The highest BCUT2D eigenvalue weighted by atomic mass is 19.1. The van der Waals surface area contributed by atoms with Crippen LogP contribution in [0.5, 0.6) is 5.75 Å². The molecule has 29 heavy (non-hydrogen) atoms. The molecule has 0 saturated heterocycles. The third-order valence-electron chi connectivity index (χ3n) is 4.93. The van der Waals surface area contributed by atoms with Crippen molar-refractivity contribution >= 4 is 22.5 Å². The molecule has 7 heteroatoms. The Morgan fingerprint density at radius 3 is 2.72 bits per heavy atom. The number of carbonyl (C=O) groups is 1. The van der Waals surface area contributed by atoms with Crippen LogP contribution < -0.4 is 21.1 Å². The molecule has 152 valence electrons. The van der Waals surface area contributed by atoms with Crippen LogP contribution in [0.2, 0.25) is 0 Å². The monoisotopic (exact) mass is 396 g/mol. The summed E-state index contributed by atoms with van der Waals surface area (Å²) in [7, 11) is 3.28. The van der Waals surface area contributed by atoms with Crippen LogP contribution in [-0.4, -0.2) is 31.6 Å². The zero-order chi connectivity index (χ0) is 21.0. The van der Waals surface area contributed by atoms with Crippen LogP contribution in [0.3, 0.4) is 0 Å². The van der Waals surface area contributed by atoms with Crippen molar-refractivity contribution in [2.45, 2.75) is 19.4 Å². The van der Waals surface area contributed by atoms with Crippen LogP contribution in [0.15, 0.2) is 42.6 Å². The fourth-order valence-electron chi connectivity index (χ4n) is 3.43. The molecular weight excluding hydrogens is 371 g/mol. The molecule has 0 radical (unpaired) electrons. The first kappa shape index (κ1) is 20.5. The molecule has 3 aromatic rings. The topological polar surface area (TPSA) is 89.3 Å². The largest absolute Gasteiger partial charge is 0.494 e. The van der Waals surface area contributed by atoms with Gasteiger partial charge in [0.25, 0.3) is 5.91 Å². The number of aromatic nitrogens is 1. The van der Waals surface area contributed by atoms with Gasteiger partial charge in [0.1, 0.15) is 0 Å². The van der Waals surface area contributed by atoms with Gasteiger partial charge in [-0.05, 0) is 42.8 Å². The van der Waals surface area contributed by atoms with Gasteiger partial charge in [-0.15, -0.1) is 0 Å². The number of hydrogen-bond donors (Lipinski definition) is 3. The molecule has 1 aromatic heterocycles. The number of aryl methyl sites for hydroxylation is 1. The van der Waals surface area contributed by atoms with Crippen molar-refractivity contribution in [3.8, 4) is 5.75 Å². The van der Waals surface area contributed by atoms with E-state index < -0.39 is 11.7 Å². The highest BCUT2D eigenvalue weighted by Gasteiger charge is 2.18. The van der Waals surface area contributed by atoms with Crippen LogP contribution in [0.4, 0.5) is 10.1 Å². The minimum Gasteiger partial charge on any atom is -0.494 e. The zero-order valence-corrected chi connectivity index (χ0v) is 16.8. The fraction of sp³-hybridized carbons (Fsp3) is 0.273. The molecule has 0 aliphatic heterocycles. The highest BCUT2D eigenvalue weighted by Crippen LogP contribution is 2.32. The first-order chi connectivity index (χ1) is 14.0. The summed E-state index contributed by atoms with van der Waals surface area (Å²) in [4.78, 5) is 16.3. The average molecular weight is 396 g/mol. The Hall–Kier alpha value is -3.19. The van der Waals surface area contributed by atoms with E-state index in [1.54, 1.807) is 24.4 Å². The summed E-state index contributed by atoms with van der Waals surface area (Å²) in [5.74, 6) is -0.742. The van der Waals surface area contributed by atoms with Crippen LogP contribution in [0.25, 0.3) is 10.9 Å². The maximum Gasteiger partial charge on any atom is 0.250 e. The maximum atomic E-state index is 14.3. The number of pyridine rings is 1. The van der Waals surface area contributed by atoms with Gasteiger partial charge in [-0.25, -0.2) is 4.39 Å². The number of amides is 1. The Balaban J connectivity index is 2.11. The second-order valence-corrected chi connectivity index (χ2v) is 6.73. The van der Waals surface area contributed by atoms with Gasteiger partial charge >= 0.3 is 0 Å². The third kappa shape index (κ3) is 4.14. The lowest BCUT2D eigenvalue weighted by Crippen LogP contribution is -2.24. The van der Waals surface area contributed by atoms with E-state index in [-0.39, 0.29) is 11.8 Å². The number of para-hydroxylation sites is 1. The Bertz CT molecular complexity index is 1040. The van der Waals surface area contributed by atoms with E-state index in [4.69, 9.17) is 10.5 Å². The molecule has 1 amide bonds. The van der Waals surface area contributed by atoms with Crippen molar-refractivity contribution < 1.29 is 13.9 Å². The summed E-state index contributed by atoms with van der Waals surface area (Å²) in [5.41, 5.74) is 9.06. The quantitative estimate of drug-likeness (QED) is 0.543. The van der Waals surface area contributed by atoms with Crippen LogP contribution in [0, 0.1) is 5.82 Å². The van der Waals surface area contributed by atoms with Gasteiger partial charge in [-0.2, -0.15) is 0 Å². The molecule has 1 atom stereocenters. The number of anilines is 1. The molecular formula is C22H25FN4O2. The molecule has 0 saturated carbocycles. The summed E-state index contributed by atoms with van der Waals surface area (Å²) in [6.45, 7) is 2.60. The van der Waals surface area contributed by atoms with Gasteiger partial charge < -0.3 is 21.1 Å². The molecule has 0 bridgehead atoms. The SMILES string of the molecule is CCc1cnc2c(C(N)=O)cccc2c1N[C@H](CNC)c1ccc(OC)c(F)c1.